The predicted molar refractivity (Wildman–Crippen MR) is 73.1 cm³/mol. The highest BCUT2D eigenvalue weighted by molar-refractivity contribution is 7.80. The number of nitrogens with zero attached hydrogens (tertiary/aromatic N) is 1. The van der Waals surface area contributed by atoms with Crippen LogP contribution in [-0.4, -0.2) is 15.5 Å². The van der Waals surface area contributed by atoms with E-state index in [2.05, 4.69) is 10.3 Å². The lowest BCUT2D eigenvalue weighted by Crippen LogP contribution is -2.32. The van der Waals surface area contributed by atoms with Gasteiger partial charge >= 0.3 is 6.18 Å². The molecule has 3 nitrogen and oxygen atoms in total. The SMILES string of the molecule is CCC(C)(C)Nc1nc(C(F)(F)F)ccc1C(N)=S. The maximum atomic E-state index is 12.7. The Hall–Kier alpha value is -1.37. The Labute approximate surface area is 115 Å². The van der Waals surface area contributed by atoms with Crippen molar-refractivity contribution < 1.29 is 13.2 Å². The van der Waals surface area contributed by atoms with Crippen LogP contribution in [0.5, 0.6) is 0 Å². The number of thiocarbonyl (C=S) groups is 1. The van der Waals surface area contributed by atoms with Crippen LogP contribution >= 0.6 is 12.2 Å². The summed E-state index contributed by atoms with van der Waals surface area (Å²) in [6.45, 7) is 5.64. The molecule has 1 rings (SSSR count). The van der Waals surface area contributed by atoms with Gasteiger partial charge in [0.05, 0.1) is 5.56 Å². The van der Waals surface area contributed by atoms with Crippen molar-refractivity contribution in [3.63, 3.8) is 0 Å². The van der Waals surface area contributed by atoms with Gasteiger partial charge in [-0.2, -0.15) is 13.2 Å². The molecule has 3 N–H and O–H groups in total. The molecule has 0 saturated heterocycles. The van der Waals surface area contributed by atoms with E-state index in [0.717, 1.165) is 6.07 Å². The number of hydrogen-bond donors (Lipinski definition) is 2. The van der Waals surface area contributed by atoms with Crippen molar-refractivity contribution >= 4 is 23.0 Å². The summed E-state index contributed by atoms with van der Waals surface area (Å²) in [7, 11) is 0. The highest BCUT2D eigenvalue weighted by Crippen LogP contribution is 2.30. The van der Waals surface area contributed by atoms with Gasteiger partial charge in [-0.1, -0.05) is 19.1 Å². The van der Waals surface area contributed by atoms with E-state index in [1.165, 1.54) is 6.07 Å². The summed E-state index contributed by atoms with van der Waals surface area (Å²) in [5.74, 6) is 0.0641. The molecule has 0 bridgehead atoms. The third-order valence-corrected chi connectivity index (χ3v) is 3.01. The molecule has 0 radical (unpaired) electrons. The smallest absolute Gasteiger partial charge is 0.389 e. The van der Waals surface area contributed by atoms with Crippen molar-refractivity contribution in [3.05, 3.63) is 23.4 Å². The number of hydrogen-bond acceptors (Lipinski definition) is 3. The molecule has 106 valence electrons. The number of rotatable bonds is 4. The molecular weight excluding hydrogens is 275 g/mol. The summed E-state index contributed by atoms with van der Waals surface area (Å²) < 4.78 is 38.0. The minimum Gasteiger partial charge on any atom is -0.389 e. The second-order valence-electron chi connectivity index (χ2n) is 4.82. The standard InChI is InChI=1S/C12H16F3N3S/c1-4-11(2,3)18-10-7(9(16)19)5-6-8(17-10)12(13,14)15/h5-6H,4H2,1-3H3,(H2,16,19)(H,17,18). The molecule has 0 atom stereocenters. The van der Waals surface area contributed by atoms with E-state index in [-0.39, 0.29) is 10.8 Å². The van der Waals surface area contributed by atoms with Crippen LogP contribution in [-0.2, 0) is 6.18 Å². The fourth-order valence-corrected chi connectivity index (χ4v) is 1.48. The van der Waals surface area contributed by atoms with Gasteiger partial charge in [-0.3, -0.25) is 0 Å². The van der Waals surface area contributed by atoms with Crippen molar-refractivity contribution in [3.8, 4) is 0 Å². The van der Waals surface area contributed by atoms with Gasteiger partial charge in [0.1, 0.15) is 16.5 Å². The summed E-state index contributed by atoms with van der Waals surface area (Å²) in [5.41, 5.74) is 4.44. The highest BCUT2D eigenvalue weighted by atomic mass is 32.1. The maximum absolute atomic E-state index is 12.7. The van der Waals surface area contributed by atoms with E-state index in [1.54, 1.807) is 0 Å². The van der Waals surface area contributed by atoms with Crippen LogP contribution in [0.25, 0.3) is 0 Å². The lowest BCUT2D eigenvalue weighted by Gasteiger charge is -2.27. The Morgan fingerprint density at radius 3 is 2.37 bits per heavy atom. The second kappa shape index (κ2) is 5.32. The Bertz CT molecular complexity index is 484. The molecule has 0 saturated carbocycles. The summed E-state index contributed by atoms with van der Waals surface area (Å²) in [6, 6.07) is 2.12. The van der Waals surface area contributed by atoms with Crippen molar-refractivity contribution in [1.29, 1.82) is 0 Å². The van der Waals surface area contributed by atoms with Gasteiger partial charge in [0.25, 0.3) is 0 Å². The number of alkyl halides is 3. The molecule has 7 heteroatoms. The summed E-state index contributed by atoms with van der Waals surface area (Å²) >= 11 is 4.83. The molecule has 1 aromatic heterocycles. The molecule has 0 aliphatic heterocycles. The third-order valence-electron chi connectivity index (χ3n) is 2.79. The molecule has 1 heterocycles. The summed E-state index contributed by atoms with van der Waals surface area (Å²) in [4.78, 5) is 3.60. The first-order chi connectivity index (χ1) is 8.57. The summed E-state index contributed by atoms with van der Waals surface area (Å²) in [6.07, 6.45) is -3.79. The molecule has 0 fully saturated rings. The zero-order valence-corrected chi connectivity index (χ0v) is 11.7. The lowest BCUT2D eigenvalue weighted by molar-refractivity contribution is -0.141. The number of nitrogens with one attached hydrogen (secondary N) is 1. The average Bonchev–Trinajstić information content (AvgIpc) is 2.27. The van der Waals surface area contributed by atoms with Gasteiger partial charge in [0.15, 0.2) is 0 Å². The van der Waals surface area contributed by atoms with E-state index < -0.39 is 17.4 Å². The molecule has 19 heavy (non-hydrogen) atoms. The quantitative estimate of drug-likeness (QED) is 0.835. The molecule has 0 aromatic carbocycles. The van der Waals surface area contributed by atoms with E-state index in [9.17, 15) is 13.2 Å². The van der Waals surface area contributed by atoms with Gasteiger partial charge in [0, 0.05) is 5.54 Å². The Kier molecular flexibility index (Phi) is 4.39. The van der Waals surface area contributed by atoms with Crippen LogP contribution in [0.4, 0.5) is 19.0 Å². The molecule has 1 aromatic rings. The number of aromatic nitrogens is 1. The number of halogens is 3. The number of nitrogens with two attached hydrogens (primary N) is 1. The van der Waals surface area contributed by atoms with E-state index >= 15 is 0 Å². The topological polar surface area (TPSA) is 50.9 Å². The fraction of sp³-hybridized carbons (Fsp3) is 0.500. The highest BCUT2D eigenvalue weighted by Gasteiger charge is 2.33. The number of pyridine rings is 1. The molecule has 0 amide bonds. The fourth-order valence-electron chi connectivity index (χ4n) is 1.32. The van der Waals surface area contributed by atoms with E-state index in [1.807, 2.05) is 20.8 Å². The van der Waals surface area contributed by atoms with Crippen LogP contribution in [0, 0.1) is 0 Å². The third kappa shape index (κ3) is 4.05. The monoisotopic (exact) mass is 291 g/mol. The Morgan fingerprint density at radius 1 is 1.37 bits per heavy atom. The van der Waals surface area contributed by atoms with Gasteiger partial charge < -0.3 is 11.1 Å². The van der Waals surface area contributed by atoms with Crippen molar-refractivity contribution in [2.45, 2.75) is 38.9 Å². The van der Waals surface area contributed by atoms with Gasteiger partial charge in [-0.15, -0.1) is 0 Å². The van der Waals surface area contributed by atoms with Crippen LogP contribution < -0.4 is 11.1 Å². The predicted octanol–water partition coefficient (Wildman–Crippen LogP) is 3.34. The van der Waals surface area contributed by atoms with Gasteiger partial charge in [0.2, 0.25) is 0 Å². The Morgan fingerprint density at radius 2 is 1.95 bits per heavy atom. The van der Waals surface area contributed by atoms with Crippen LogP contribution in [0.15, 0.2) is 12.1 Å². The van der Waals surface area contributed by atoms with E-state index in [4.69, 9.17) is 18.0 Å². The van der Waals surface area contributed by atoms with Crippen molar-refractivity contribution in [1.82, 2.24) is 4.98 Å². The minimum absolute atomic E-state index is 0.00984. The Balaban J connectivity index is 3.28. The first-order valence-corrected chi connectivity index (χ1v) is 6.14. The first-order valence-electron chi connectivity index (χ1n) is 5.73. The normalized spacial score (nSPS) is 12.3. The molecule has 0 aliphatic carbocycles. The average molecular weight is 291 g/mol. The van der Waals surface area contributed by atoms with Gasteiger partial charge in [-0.05, 0) is 32.4 Å². The molecular formula is C12H16F3N3S. The largest absolute Gasteiger partial charge is 0.433 e. The van der Waals surface area contributed by atoms with Crippen molar-refractivity contribution in [2.75, 3.05) is 5.32 Å². The second-order valence-corrected chi connectivity index (χ2v) is 5.26. The zero-order chi connectivity index (χ0) is 14.8. The van der Waals surface area contributed by atoms with Crippen LogP contribution in [0.2, 0.25) is 0 Å². The lowest BCUT2D eigenvalue weighted by atomic mass is 10.0. The van der Waals surface area contributed by atoms with E-state index in [0.29, 0.717) is 12.0 Å². The zero-order valence-electron chi connectivity index (χ0n) is 10.9. The molecule has 0 spiro atoms. The minimum atomic E-state index is -4.50. The van der Waals surface area contributed by atoms with Crippen LogP contribution in [0.1, 0.15) is 38.4 Å². The van der Waals surface area contributed by atoms with Crippen molar-refractivity contribution in [2.24, 2.45) is 5.73 Å². The number of anilines is 1. The molecule has 0 aliphatic rings. The molecule has 0 unspecified atom stereocenters. The maximum Gasteiger partial charge on any atom is 0.433 e. The first kappa shape index (κ1) is 15.7. The van der Waals surface area contributed by atoms with Crippen LogP contribution in [0.3, 0.4) is 0 Å². The summed E-state index contributed by atoms with van der Waals surface area (Å²) in [5, 5.41) is 2.95. The van der Waals surface area contributed by atoms with Gasteiger partial charge in [-0.25, -0.2) is 4.98 Å².